The molecule has 0 fully saturated rings. The van der Waals surface area contributed by atoms with Crippen LogP contribution in [-0.2, 0) is 0 Å². The lowest BCUT2D eigenvalue weighted by Gasteiger charge is -2.20. The Morgan fingerprint density at radius 3 is 2.15 bits per heavy atom. The predicted octanol–water partition coefficient (Wildman–Crippen LogP) is 5.83. The number of hydrogen-bond acceptors (Lipinski definition) is 2. The van der Waals surface area contributed by atoms with Gasteiger partial charge in [-0.05, 0) is 18.2 Å². The molecule has 1 amide bonds. The van der Waals surface area contributed by atoms with Crippen LogP contribution in [0, 0.1) is 0 Å². The van der Waals surface area contributed by atoms with Crippen molar-refractivity contribution in [3.8, 4) is 11.3 Å². The second kappa shape index (κ2) is 7.22. The van der Waals surface area contributed by atoms with E-state index in [-0.39, 0.29) is 5.91 Å². The maximum Gasteiger partial charge on any atom is 0.261 e. The standard InChI is InChI=1S/C23H17ClN2O/c1-26(17-12-6-3-7-13-17)23(27)20-21(24)18-14-8-9-15-19(18)25-22(20)16-10-4-2-5-11-16/h2-15H,1H3. The Balaban J connectivity index is 1.95. The fourth-order valence-electron chi connectivity index (χ4n) is 3.11. The third-order valence-electron chi connectivity index (χ3n) is 4.54. The fraction of sp³-hybridized carbons (Fsp3) is 0.0435. The van der Waals surface area contributed by atoms with Gasteiger partial charge in [0.25, 0.3) is 5.91 Å². The molecule has 0 spiro atoms. The summed E-state index contributed by atoms with van der Waals surface area (Å²) in [7, 11) is 1.75. The van der Waals surface area contributed by atoms with Crippen molar-refractivity contribution in [2.24, 2.45) is 0 Å². The average molecular weight is 373 g/mol. The summed E-state index contributed by atoms with van der Waals surface area (Å²) in [5.74, 6) is -0.191. The highest BCUT2D eigenvalue weighted by molar-refractivity contribution is 6.40. The summed E-state index contributed by atoms with van der Waals surface area (Å²) in [4.78, 5) is 19.8. The van der Waals surface area contributed by atoms with Crippen LogP contribution in [0.15, 0.2) is 84.9 Å². The van der Waals surface area contributed by atoms with E-state index in [4.69, 9.17) is 16.6 Å². The monoisotopic (exact) mass is 372 g/mol. The normalized spacial score (nSPS) is 10.7. The molecule has 4 rings (SSSR count). The number of carbonyl (C=O) groups is 1. The molecule has 1 aromatic heterocycles. The molecule has 3 nitrogen and oxygen atoms in total. The van der Waals surface area contributed by atoms with Crippen molar-refractivity contribution in [3.05, 3.63) is 95.5 Å². The lowest BCUT2D eigenvalue weighted by Crippen LogP contribution is -2.27. The number of benzene rings is 3. The van der Waals surface area contributed by atoms with E-state index in [9.17, 15) is 4.79 Å². The second-order valence-electron chi connectivity index (χ2n) is 6.23. The SMILES string of the molecule is CN(C(=O)c1c(-c2ccccc2)nc2ccccc2c1Cl)c1ccccc1. The molecular weight excluding hydrogens is 356 g/mol. The Labute approximate surface area is 162 Å². The number of aromatic nitrogens is 1. The van der Waals surface area contributed by atoms with E-state index in [0.717, 1.165) is 22.2 Å². The van der Waals surface area contributed by atoms with Gasteiger partial charge in [0.2, 0.25) is 0 Å². The number of para-hydroxylation sites is 2. The van der Waals surface area contributed by atoms with Crippen molar-refractivity contribution in [1.29, 1.82) is 0 Å². The molecule has 0 aliphatic rings. The van der Waals surface area contributed by atoms with Crippen LogP contribution >= 0.6 is 11.6 Å². The first-order valence-electron chi connectivity index (χ1n) is 8.63. The van der Waals surface area contributed by atoms with E-state index in [1.54, 1.807) is 11.9 Å². The summed E-state index contributed by atoms with van der Waals surface area (Å²) in [5.41, 5.74) is 3.42. The van der Waals surface area contributed by atoms with Crippen LogP contribution in [0.1, 0.15) is 10.4 Å². The summed E-state index contributed by atoms with van der Waals surface area (Å²) >= 11 is 6.74. The van der Waals surface area contributed by atoms with E-state index in [0.29, 0.717) is 16.3 Å². The van der Waals surface area contributed by atoms with Crippen LogP contribution in [0.5, 0.6) is 0 Å². The summed E-state index contributed by atoms with van der Waals surface area (Å²) in [6, 6.07) is 26.8. The second-order valence-corrected chi connectivity index (χ2v) is 6.61. The molecule has 4 heteroatoms. The molecule has 0 bridgehead atoms. The van der Waals surface area contributed by atoms with Crippen molar-refractivity contribution in [1.82, 2.24) is 4.98 Å². The number of nitrogens with zero attached hydrogens (tertiary/aromatic N) is 2. The quantitative estimate of drug-likeness (QED) is 0.453. The smallest absolute Gasteiger partial charge is 0.261 e. The van der Waals surface area contributed by atoms with Gasteiger partial charge in [-0.1, -0.05) is 78.3 Å². The van der Waals surface area contributed by atoms with E-state index in [1.807, 2.05) is 84.9 Å². The topological polar surface area (TPSA) is 33.2 Å². The summed E-state index contributed by atoms with van der Waals surface area (Å²) in [5, 5.41) is 1.19. The van der Waals surface area contributed by atoms with Gasteiger partial charge in [0, 0.05) is 23.7 Å². The largest absolute Gasteiger partial charge is 0.311 e. The number of pyridine rings is 1. The highest BCUT2D eigenvalue weighted by Crippen LogP contribution is 2.34. The molecule has 132 valence electrons. The van der Waals surface area contributed by atoms with Gasteiger partial charge in [-0.15, -0.1) is 0 Å². The maximum absolute atomic E-state index is 13.4. The van der Waals surface area contributed by atoms with Gasteiger partial charge in [0.15, 0.2) is 0 Å². The third kappa shape index (κ3) is 3.18. The van der Waals surface area contributed by atoms with Crippen LogP contribution in [0.25, 0.3) is 22.2 Å². The van der Waals surface area contributed by atoms with Crippen molar-refractivity contribution < 1.29 is 4.79 Å². The highest BCUT2D eigenvalue weighted by Gasteiger charge is 2.24. The number of hydrogen-bond donors (Lipinski definition) is 0. The van der Waals surface area contributed by atoms with Crippen LogP contribution in [0.4, 0.5) is 5.69 Å². The lowest BCUT2D eigenvalue weighted by molar-refractivity contribution is 0.0993. The Kier molecular flexibility index (Phi) is 4.61. The van der Waals surface area contributed by atoms with E-state index < -0.39 is 0 Å². The van der Waals surface area contributed by atoms with E-state index in [1.165, 1.54) is 0 Å². The molecule has 0 unspecified atom stereocenters. The molecule has 4 aromatic rings. The zero-order chi connectivity index (χ0) is 18.8. The molecule has 0 N–H and O–H groups in total. The average Bonchev–Trinajstić information content (AvgIpc) is 2.74. The van der Waals surface area contributed by atoms with E-state index >= 15 is 0 Å². The molecule has 0 saturated heterocycles. The van der Waals surface area contributed by atoms with Gasteiger partial charge in [0.1, 0.15) is 0 Å². The minimum Gasteiger partial charge on any atom is -0.311 e. The highest BCUT2D eigenvalue weighted by atomic mass is 35.5. The van der Waals surface area contributed by atoms with E-state index in [2.05, 4.69) is 0 Å². The number of halogens is 1. The van der Waals surface area contributed by atoms with Crippen molar-refractivity contribution >= 4 is 34.1 Å². The molecule has 0 atom stereocenters. The number of anilines is 1. The summed E-state index contributed by atoms with van der Waals surface area (Å²) < 4.78 is 0. The molecule has 0 aliphatic carbocycles. The molecule has 1 heterocycles. The molecule has 3 aromatic carbocycles. The minimum atomic E-state index is -0.191. The number of amides is 1. The van der Waals surface area contributed by atoms with Gasteiger partial charge < -0.3 is 4.90 Å². The Morgan fingerprint density at radius 1 is 0.852 bits per heavy atom. The van der Waals surface area contributed by atoms with Crippen molar-refractivity contribution in [2.45, 2.75) is 0 Å². The summed E-state index contributed by atoms with van der Waals surface area (Å²) in [6.45, 7) is 0. The van der Waals surface area contributed by atoms with Crippen molar-refractivity contribution in [2.75, 3.05) is 11.9 Å². The Bertz CT molecular complexity index is 1110. The van der Waals surface area contributed by atoms with Gasteiger partial charge >= 0.3 is 0 Å². The van der Waals surface area contributed by atoms with Crippen LogP contribution in [-0.4, -0.2) is 17.9 Å². The number of carbonyl (C=O) groups excluding carboxylic acids is 1. The van der Waals surface area contributed by atoms with Gasteiger partial charge in [-0.3, -0.25) is 4.79 Å². The fourth-order valence-corrected chi connectivity index (χ4v) is 3.44. The first kappa shape index (κ1) is 17.3. The number of rotatable bonds is 3. The Morgan fingerprint density at radius 2 is 1.44 bits per heavy atom. The van der Waals surface area contributed by atoms with Gasteiger partial charge in [0.05, 0.1) is 21.8 Å². The molecule has 0 aliphatic heterocycles. The molecule has 0 radical (unpaired) electrons. The van der Waals surface area contributed by atoms with Crippen LogP contribution in [0.2, 0.25) is 5.02 Å². The molecular formula is C23H17ClN2O. The van der Waals surface area contributed by atoms with Crippen LogP contribution < -0.4 is 4.90 Å². The number of fused-ring (bicyclic) bond motifs is 1. The summed E-state index contributed by atoms with van der Waals surface area (Å²) in [6.07, 6.45) is 0. The zero-order valence-corrected chi connectivity index (χ0v) is 15.5. The van der Waals surface area contributed by atoms with Gasteiger partial charge in [-0.25, -0.2) is 4.98 Å². The molecule has 27 heavy (non-hydrogen) atoms. The minimum absolute atomic E-state index is 0.191. The van der Waals surface area contributed by atoms with Crippen molar-refractivity contribution in [3.63, 3.8) is 0 Å². The first-order chi connectivity index (χ1) is 13.2. The maximum atomic E-state index is 13.4. The Hall–Kier alpha value is -3.17. The third-order valence-corrected chi connectivity index (χ3v) is 4.93. The predicted molar refractivity (Wildman–Crippen MR) is 111 cm³/mol. The van der Waals surface area contributed by atoms with Crippen LogP contribution in [0.3, 0.4) is 0 Å². The lowest BCUT2D eigenvalue weighted by atomic mass is 10.0. The van der Waals surface area contributed by atoms with Gasteiger partial charge in [-0.2, -0.15) is 0 Å². The first-order valence-corrected chi connectivity index (χ1v) is 9.01. The molecule has 0 saturated carbocycles. The zero-order valence-electron chi connectivity index (χ0n) is 14.8.